The average Bonchev–Trinajstić information content (AvgIpc) is 3.30. The number of nitrogens with two attached hydrogens (primary N) is 6. The molecule has 29 heteroatoms. The van der Waals surface area contributed by atoms with Crippen molar-refractivity contribution in [2.24, 2.45) is 39.4 Å². The summed E-state index contributed by atoms with van der Waals surface area (Å²) in [5.41, 5.74) is 33.8. The minimum atomic E-state index is -1.66. The molecule has 0 aliphatic carbocycles. The third-order valence-electron chi connectivity index (χ3n) is 10.9. The molecular weight excluding hydrogens is 951 g/mol. The monoisotopic (exact) mass is 1030 g/mol. The zero-order valence-corrected chi connectivity index (χ0v) is 41.7. The summed E-state index contributed by atoms with van der Waals surface area (Å²) in [7, 11) is 0. The normalized spacial score (nSPS) is 15.6. The lowest BCUT2D eigenvalue weighted by molar-refractivity contribution is -0.142. The maximum atomic E-state index is 14.2. The fourth-order valence-corrected chi connectivity index (χ4v) is 6.64. The Bertz CT molecular complexity index is 1800. The number of aliphatic carboxylic acids is 2. The molecule has 0 aliphatic heterocycles. The predicted octanol–water partition coefficient (Wildman–Crippen LogP) is -6.62. The second-order valence-corrected chi connectivity index (χ2v) is 17.3. The third kappa shape index (κ3) is 26.8. The summed E-state index contributed by atoms with van der Waals surface area (Å²) in [6, 6.07) is -13.0. The Morgan fingerprint density at radius 1 is 0.444 bits per heavy atom. The lowest BCUT2D eigenvalue weighted by atomic mass is 10.0. The van der Waals surface area contributed by atoms with Crippen molar-refractivity contribution >= 4 is 65.2 Å². The first kappa shape index (κ1) is 65.7. The highest BCUT2D eigenvalue weighted by molar-refractivity contribution is 5.98. The van der Waals surface area contributed by atoms with E-state index in [4.69, 9.17) is 39.5 Å². The second-order valence-electron chi connectivity index (χ2n) is 17.3. The Hall–Kier alpha value is -6.27. The molecule has 0 aliphatic rings. The van der Waals surface area contributed by atoms with Crippen molar-refractivity contribution in [1.82, 2.24) is 42.5 Å². The van der Waals surface area contributed by atoms with Crippen molar-refractivity contribution in [3.8, 4) is 0 Å². The van der Waals surface area contributed by atoms with Gasteiger partial charge in [0.1, 0.15) is 48.3 Å². The largest absolute Gasteiger partial charge is 0.481 e. The topological polar surface area (TPSA) is 516 Å². The first-order chi connectivity index (χ1) is 33.8. The highest BCUT2D eigenvalue weighted by Gasteiger charge is 2.35. The molecule has 412 valence electrons. The SMILES string of the molecule is C[C@H](NC(=O)[C@@H](NC(=O)[C@H](C)NC(=O)[C@H](CCCCN)NC(=O)[C@H](CCCCN)NC(=O)[C@H](CCCN=C(N)N)NC(=O)[C@H](CCC(=O)O)NC(=O)[C@@H](NC(=O)[C@@H](N)CCCCN)[C@@H](C)O)[C@@H](C)O)C(=O)O. The van der Waals surface area contributed by atoms with Gasteiger partial charge in [-0.1, -0.05) is 6.42 Å². The summed E-state index contributed by atoms with van der Waals surface area (Å²) in [6.07, 6.45) is -1.66. The number of guanidine groups is 1. The minimum Gasteiger partial charge on any atom is -0.481 e. The van der Waals surface area contributed by atoms with Gasteiger partial charge in [-0.25, -0.2) is 0 Å². The van der Waals surface area contributed by atoms with E-state index in [0.717, 1.165) is 0 Å². The van der Waals surface area contributed by atoms with Crippen LogP contribution in [0.3, 0.4) is 0 Å². The van der Waals surface area contributed by atoms with Crippen LogP contribution in [0.25, 0.3) is 0 Å². The van der Waals surface area contributed by atoms with Crippen LogP contribution in [0.2, 0.25) is 0 Å². The summed E-state index contributed by atoms with van der Waals surface area (Å²) in [4.78, 5) is 135. The van der Waals surface area contributed by atoms with Crippen LogP contribution in [0.1, 0.15) is 111 Å². The van der Waals surface area contributed by atoms with Crippen molar-refractivity contribution in [2.45, 2.75) is 178 Å². The fourth-order valence-electron chi connectivity index (χ4n) is 6.64. The molecule has 0 saturated heterocycles. The molecule has 72 heavy (non-hydrogen) atoms. The van der Waals surface area contributed by atoms with Crippen LogP contribution in [0, 0.1) is 0 Å². The first-order valence-electron chi connectivity index (χ1n) is 24.0. The van der Waals surface area contributed by atoms with Crippen LogP contribution in [-0.2, 0) is 47.9 Å². The number of rotatable bonds is 38. The van der Waals surface area contributed by atoms with Gasteiger partial charge in [0.25, 0.3) is 0 Å². The Labute approximate surface area is 418 Å². The van der Waals surface area contributed by atoms with Crippen molar-refractivity contribution in [3.05, 3.63) is 0 Å². The van der Waals surface area contributed by atoms with Crippen LogP contribution in [-0.4, -0.2) is 178 Å². The van der Waals surface area contributed by atoms with E-state index in [9.17, 15) is 63.3 Å². The van der Waals surface area contributed by atoms with E-state index in [0.29, 0.717) is 38.6 Å². The lowest BCUT2D eigenvalue weighted by Crippen LogP contribution is -2.61. The van der Waals surface area contributed by atoms with Gasteiger partial charge < -0.3 is 97.4 Å². The van der Waals surface area contributed by atoms with Crippen LogP contribution < -0.4 is 76.9 Å². The summed E-state index contributed by atoms with van der Waals surface area (Å²) < 4.78 is 0. The number of amides is 8. The quantitative estimate of drug-likeness (QED) is 0.0155. The maximum Gasteiger partial charge on any atom is 0.325 e. The number of unbranched alkanes of at least 4 members (excludes halogenated alkanes) is 3. The molecule has 11 atom stereocenters. The standard InChI is InChI=1S/C43H81N15O14/c1-22(34(63)57-32(24(3)59)40(69)52-23(2)42(71)72)51-36(65)27(13-6-9-19-45)53-37(66)28(14-7-10-20-46)54-38(67)29(15-11-21-50-43(48)49)55-39(68)30(16-17-31(61)62)56-41(70)33(25(4)60)58-35(64)26(47)12-5-8-18-44/h22-30,32-33,59-60H,5-21,44-47H2,1-4H3,(H,51,65)(H,52,69)(H,53,66)(H,54,67)(H,55,68)(H,56,70)(H,57,63)(H,58,64)(H,61,62)(H,71,72)(H4,48,49,50)/t22-,23-,24+,25+,26-,27-,28-,29-,30-,32-,33-/m0/s1. The van der Waals surface area contributed by atoms with Crippen LogP contribution in [0.5, 0.6) is 0 Å². The molecular formula is C43H81N15O14. The minimum absolute atomic E-state index is 0.00746. The summed E-state index contributed by atoms with van der Waals surface area (Å²) >= 11 is 0. The molecule has 0 aromatic rings. The van der Waals surface area contributed by atoms with Crippen molar-refractivity contribution in [2.75, 3.05) is 26.2 Å². The van der Waals surface area contributed by atoms with Crippen LogP contribution in [0.15, 0.2) is 4.99 Å². The molecule has 0 unspecified atom stereocenters. The number of carboxylic acid groups (broad SMARTS) is 2. The fraction of sp³-hybridized carbons (Fsp3) is 0.744. The van der Waals surface area contributed by atoms with Gasteiger partial charge in [0, 0.05) is 13.0 Å². The Kier molecular flexibility index (Phi) is 32.7. The van der Waals surface area contributed by atoms with E-state index in [1.165, 1.54) is 27.7 Å². The molecule has 0 fully saturated rings. The number of aliphatic imine (C=N–C) groups is 1. The molecule has 0 aromatic carbocycles. The molecule has 29 nitrogen and oxygen atoms in total. The lowest BCUT2D eigenvalue weighted by Gasteiger charge is -2.28. The van der Waals surface area contributed by atoms with Gasteiger partial charge in [-0.05, 0) is 118 Å². The number of hydrogen-bond donors (Lipinski definition) is 18. The molecule has 0 aromatic heterocycles. The van der Waals surface area contributed by atoms with Gasteiger partial charge >= 0.3 is 11.9 Å². The van der Waals surface area contributed by atoms with Crippen molar-refractivity contribution in [3.63, 3.8) is 0 Å². The van der Waals surface area contributed by atoms with Gasteiger partial charge in [-0.15, -0.1) is 0 Å². The van der Waals surface area contributed by atoms with Crippen molar-refractivity contribution < 1.29 is 68.4 Å². The number of carbonyl (C=O) groups is 10. The highest BCUT2D eigenvalue weighted by Crippen LogP contribution is 2.10. The third-order valence-corrected chi connectivity index (χ3v) is 10.9. The molecule has 0 bridgehead atoms. The summed E-state index contributed by atoms with van der Waals surface area (Å²) in [6.45, 7) is 5.55. The van der Waals surface area contributed by atoms with Crippen molar-refractivity contribution in [1.29, 1.82) is 0 Å². The molecule has 0 rings (SSSR count). The Morgan fingerprint density at radius 3 is 1.21 bits per heavy atom. The molecule has 0 saturated carbocycles. The Balaban J connectivity index is 6.70. The summed E-state index contributed by atoms with van der Waals surface area (Å²) in [5.74, 6) is -10.6. The second kappa shape index (κ2) is 35.8. The van der Waals surface area contributed by atoms with Crippen LogP contribution >= 0.6 is 0 Å². The first-order valence-corrected chi connectivity index (χ1v) is 24.0. The van der Waals surface area contributed by atoms with E-state index >= 15 is 0 Å². The number of carbonyl (C=O) groups excluding carboxylic acids is 8. The Morgan fingerprint density at radius 2 is 0.806 bits per heavy atom. The van der Waals surface area contributed by atoms with Gasteiger partial charge in [-0.2, -0.15) is 0 Å². The zero-order valence-electron chi connectivity index (χ0n) is 41.7. The van der Waals surface area contributed by atoms with E-state index in [2.05, 4.69) is 47.5 Å². The van der Waals surface area contributed by atoms with E-state index in [-0.39, 0.29) is 64.1 Å². The number of nitrogens with zero attached hydrogens (tertiary/aromatic N) is 1. The van der Waals surface area contributed by atoms with Crippen LogP contribution in [0.4, 0.5) is 0 Å². The maximum absolute atomic E-state index is 14.2. The number of aliphatic hydroxyl groups excluding tert-OH is 2. The van der Waals surface area contributed by atoms with E-state index < -0.39 is 139 Å². The molecule has 24 N–H and O–H groups in total. The number of carboxylic acids is 2. The smallest absolute Gasteiger partial charge is 0.325 e. The van der Waals surface area contributed by atoms with E-state index in [1.54, 1.807) is 0 Å². The predicted molar refractivity (Wildman–Crippen MR) is 261 cm³/mol. The van der Waals surface area contributed by atoms with Gasteiger partial charge in [0.05, 0.1) is 18.2 Å². The van der Waals surface area contributed by atoms with E-state index in [1.807, 2.05) is 0 Å². The average molecular weight is 1030 g/mol. The molecule has 0 heterocycles. The number of aliphatic hydroxyl groups is 2. The van der Waals surface area contributed by atoms with Gasteiger partial charge in [-0.3, -0.25) is 52.9 Å². The van der Waals surface area contributed by atoms with Gasteiger partial charge in [0.2, 0.25) is 47.3 Å². The molecule has 0 radical (unpaired) electrons. The highest BCUT2D eigenvalue weighted by atomic mass is 16.4. The summed E-state index contributed by atoms with van der Waals surface area (Å²) in [5, 5.41) is 58.5. The molecule has 0 spiro atoms. The number of hydrogen-bond acceptors (Lipinski definition) is 17. The zero-order chi connectivity index (χ0) is 55.1. The van der Waals surface area contributed by atoms with Gasteiger partial charge in [0.15, 0.2) is 5.96 Å². The number of nitrogens with one attached hydrogen (secondary N) is 8. The molecule has 8 amide bonds.